The summed E-state index contributed by atoms with van der Waals surface area (Å²) in [7, 11) is 0. The summed E-state index contributed by atoms with van der Waals surface area (Å²) >= 11 is 0. The molecule has 1 aliphatic rings. The van der Waals surface area contributed by atoms with Gasteiger partial charge in [0.15, 0.2) is 5.82 Å². The highest BCUT2D eigenvalue weighted by atomic mass is 16.5. The van der Waals surface area contributed by atoms with E-state index >= 15 is 0 Å². The van der Waals surface area contributed by atoms with Gasteiger partial charge in [-0.3, -0.25) is 9.69 Å². The van der Waals surface area contributed by atoms with Crippen LogP contribution in [-0.2, 0) is 9.53 Å². The second-order valence-corrected chi connectivity index (χ2v) is 9.15. The minimum absolute atomic E-state index is 0.0728. The molecule has 0 aliphatic carbocycles. The first-order valence-electron chi connectivity index (χ1n) is 12.2. The summed E-state index contributed by atoms with van der Waals surface area (Å²) < 4.78 is 5.39. The standard InChI is InChI=1S/C27H35N5O2/c1-21(2)20-32(14-12-25(33)28-13-15-31-16-18-34-19-17-31)27-23-10-6-7-11-24(23)29-26(30-27)22-8-4-3-5-9-22/h3-11,21H,12-20H2,1-2H3,(H,28,33). The molecule has 1 aliphatic heterocycles. The number of benzene rings is 2. The van der Waals surface area contributed by atoms with E-state index in [0.29, 0.717) is 31.3 Å². The first-order chi connectivity index (χ1) is 16.6. The smallest absolute Gasteiger partial charge is 0.221 e. The molecular weight excluding hydrogens is 426 g/mol. The van der Waals surface area contributed by atoms with Crippen LogP contribution in [0.5, 0.6) is 0 Å². The van der Waals surface area contributed by atoms with Crippen molar-refractivity contribution in [3.8, 4) is 11.4 Å². The van der Waals surface area contributed by atoms with Gasteiger partial charge in [0.2, 0.25) is 5.91 Å². The number of para-hydroxylation sites is 1. The van der Waals surface area contributed by atoms with Gasteiger partial charge in [-0.05, 0) is 18.1 Å². The lowest BCUT2D eigenvalue weighted by molar-refractivity contribution is -0.121. The Labute approximate surface area is 202 Å². The molecule has 3 aromatic rings. The highest BCUT2D eigenvalue weighted by molar-refractivity contribution is 5.91. The lowest BCUT2D eigenvalue weighted by Crippen LogP contribution is -2.42. The van der Waals surface area contributed by atoms with Gasteiger partial charge in [-0.15, -0.1) is 0 Å². The Morgan fingerprint density at radius 2 is 1.79 bits per heavy atom. The monoisotopic (exact) mass is 461 g/mol. The first-order valence-corrected chi connectivity index (χ1v) is 12.2. The highest BCUT2D eigenvalue weighted by Crippen LogP contribution is 2.28. The van der Waals surface area contributed by atoms with Crippen molar-refractivity contribution in [2.75, 3.05) is 57.4 Å². The van der Waals surface area contributed by atoms with Gasteiger partial charge in [0.25, 0.3) is 0 Å². The summed E-state index contributed by atoms with van der Waals surface area (Å²) in [5.41, 5.74) is 1.90. The summed E-state index contributed by atoms with van der Waals surface area (Å²) in [6.07, 6.45) is 0.425. The summed E-state index contributed by atoms with van der Waals surface area (Å²) in [6.45, 7) is 10.7. The molecule has 0 atom stereocenters. The van der Waals surface area contributed by atoms with E-state index in [0.717, 1.165) is 61.7 Å². The third-order valence-electron chi connectivity index (χ3n) is 5.96. The second-order valence-electron chi connectivity index (χ2n) is 9.15. The number of hydrogen-bond donors (Lipinski definition) is 1. The van der Waals surface area contributed by atoms with Gasteiger partial charge in [-0.25, -0.2) is 9.97 Å². The molecule has 1 N–H and O–H groups in total. The van der Waals surface area contributed by atoms with Crippen molar-refractivity contribution in [3.05, 3.63) is 54.6 Å². The van der Waals surface area contributed by atoms with Gasteiger partial charge in [-0.1, -0.05) is 56.3 Å². The number of aromatic nitrogens is 2. The Balaban J connectivity index is 1.49. The predicted octanol–water partition coefficient (Wildman–Crippen LogP) is 3.60. The van der Waals surface area contributed by atoms with Crippen LogP contribution in [0.3, 0.4) is 0 Å². The second kappa shape index (κ2) is 11.9. The number of amides is 1. The largest absolute Gasteiger partial charge is 0.379 e. The molecule has 2 aromatic carbocycles. The summed E-state index contributed by atoms with van der Waals surface area (Å²) in [5.74, 6) is 2.10. The van der Waals surface area contributed by atoms with E-state index in [1.807, 2.05) is 48.5 Å². The molecule has 34 heavy (non-hydrogen) atoms. The third-order valence-corrected chi connectivity index (χ3v) is 5.96. The molecule has 0 spiro atoms. The van der Waals surface area contributed by atoms with Crippen LogP contribution >= 0.6 is 0 Å². The van der Waals surface area contributed by atoms with Crippen molar-refractivity contribution in [3.63, 3.8) is 0 Å². The van der Waals surface area contributed by atoms with Crippen LogP contribution in [0.25, 0.3) is 22.3 Å². The van der Waals surface area contributed by atoms with E-state index in [2.05, 4.69) is 35.0 Å². The maximum Gasteiger partial charge on any atom is 0.221 e. The van der Waals surface area contributed by atoms with E-state index in [4.69, 9.17) is 14.7 Å². The Hall–Kier alpha value is -3.03. The number of rotatable bonds is 10. The summed E-state index contributed by atoms with van der Waals surface area (Å²) in [4.78, 5) is 27.0. The van der Waals surface area contributed by atoms with Crippen molar-refractivity contribution in [1.82, 2.24) is 20.2 Å². The lowest BCUT2D eigenvalue weighted by Gasteiger charge is -2.28. The van der Waals surface area contributed by atoms with E-state index in [1.165, 1.54) is 0 Å². The fraction of sp³-hybridized carbons (Fsp3) is 0.444. The lowest BCUT2D eigenvalue weighted by atomic mass is 10.1. The van der Waals surface area contributed by atoms with Gasteiger partial charge < -0.3 is 15.0 Å². The van der Waals surface area contributed by atoms with E-state index in [9.17, 15) is 4.79 Å². The van der Waals surface area contributed by atoms with E-state index in [-0.39, 0.29) is 5.91 Å². The minimum Gasteiger partial charge on any atom is -0.379 e. The summed E-state index contributed by atoms with van der Waals surface area (Å²) in [5, 5.41) is 4.09. The molecular formula is C27H35N5O2. The number of ether oxygens (including phenoxy) is 1. The normalized spacial score (nSPS) is 14.4. The Kier molecular flexibility index (Phi) is 8.44. The van der Waals surface area contributed by atoms with Crippen LogP contribution in [-0.4, -0.2) is 73.3 Å². The first kappa shape index (κ1) is 24.1. The molecule has 0 bridgehead atoms. The SMILES string of the molecule is CC(C)CN(CCC(=O)NCCN1CCOCC1)c1nc(-c2ccccc2)nc2ccccc12. The molecule has 1 amide bonds. The predicted molar refractivity (Wildman–Crippen MR) is 137 cm³/mol. The van der Waals surface area contributed by atoms with Crippen molar-refractivity contribution in [2.24, 2.45) is 5.92 Å². The van der Waals surface area contributed by atoms with Gasteiger partial charge in [0, 0.05) is 56.6 Å². The van der Waals surface area contributed by atoms with Gasteiger partial charge in [0.1, 0.15) is 5.82 Å². The van der Waals surface area contributed by atoms with Gasteiger partial charge in [-0.2, -0.15) is 0 Å². The quantitative estimate of drug-likeness (QED) is 0.498. The maximum atomic E-state index is 12.6. The number of nitrogens with zero attached hydrogens (tertiary/aromatic N) is 4. The fourth-order valence-corrected chi connectivity index (χ4v) is 4.24. The molecule has 7 heteroatoms. The van der Waals surface area contributed by atoms with Crippen LogP contribution in [0.15, 0.2) is 54.6 Å². The van der Waals surface area contributed by atoms with Crippen molar-refractivity contribution in [2.45, 2.75) is 20.3 Å². The Morgan fingerprint density at radius 1 is 1.06 bits per heavy atom. The van der Waals surface area contributed by atoms with Crippen LogP contribution in [0.2, 0.25) is 0 Å². The van der Waals surface area contributed by atoms with Crippen LogP contribution in [0.4, 0.5) is 5.82 Å². The van der Waals surface area contributed by atoms with Crippen molar-refractivity contribution >= 4 is 22.6 Å². The number of carbonyl (C=O) groups is 1. The number of hydrogen-bond acceptors (Lipinski definition) is 6. The number of carbonyl (C=O) groups excluding carboxylic acids is 1. The molecule has 0 saturated carbocycles. The number of fused-ring (bicyclic) bond motifs is 1. The number of anilines is 1. The Morgan fingerprint density at radius 3 is 2.56 bits per heavy atom. The van der Waals surface area contributed by atoms with Crippen molar-refractivity contribution < 1.29 is 9.53 Å². The molecule has 0 radical (unpaired) electrons. The zero-order valence-electron chi connectivity index (χ0n) is 20.2. The van der Waals surface area contributed by atoms with Gasteiger partial charge >= 0.3 is 0 Å². The topological polar surface area (TPSA) is 70.6 Å². The number of nitrogens with one attached hydrogen (secondary N) is 1. The molecule has 2 heterocycles. The van der Waals surface area contributed by atoms with E-state index in [1.54, 1.807) is 0 Å². The molecule has 180 valence electrons. The fourth-order valence-electron chi connectivity index (χ4n) is 4.24. The molecule has 1 saturated heterocycles. The highest BCUT2D eigenvalue weighted by Gasteiger charge is 2.18. The van der Waals surface area contributed by atoms with Crippen LogP contribution in [0, 0.1) is 5.92 Å². The molecule has 0 unspecified atom stereocenters. The zero-order chi connectivity index (χ0) is 23.8. The molecule has 4 rings (SSSR count). The molecule has 1 aromatic heterocycles. The van der Waals surface area contributed by atoms with Crippen LogP contribution in [0.1, 0.15) is 20.3 Å². The average Bonchev–Trinajstić information content (AvgIpc) is 2.87. The Bertz CT molecular complexity index is 1070. The minimum atomic E-state index is 0.0728. The van der Waals surface area contributed by atoms with E-state index < -0.39 is 0 Å². The molecule has 1 fully saturated rings. The van der Waals surface area contributed by atoms with Crippen LogP contribution < -0.4 is 10.2 Å². The van der Waals surface area contributed by atoms with Crippen molar-refractivity contribution in [1.29, 1.82) is 0 Å². The zero-order valence-corrected chi connectivity index (χ0v) is 20.2. The average molecular weight is 462 g/mol. The van der Waals surface area contributed by atoms with Gasteiger partial charge in [0.05, 0.1) is 18.7 Å². The number of morpholine rings is 1. The summed E-state index contributed by atoms with van der Waals surface area (Å²) in [6, 6.07) is 18.2. The third kappa shape index (κ3) is 6.52. The molecule has 7 nitrogen and oxygen atoms in total. The maximum absolute atomic E-state index is 12.6.